The van der Waals surface area contributed by atoms with Crippen LogP contribution < -0.4 is 5.32 Å². The molecule has 6 nitrogen and oxygen atoms in total. The Morgan fingerprint density at radius 3 is 2.52 bits per heavy atom. The lowest BCUT2D eigenvalue weighted by Crippen LogP contribution is -2.47. The Morgan fingerprint density at radius 1 is 1.22 bits per heavy atom. The second-order valence-electron chi connectivity index (χ2n) is 5.98. The summed E-state index contributed by atoms with van der Waals surface area (Å²) in [7, 11) is 0. The molecule has 2 heterocycles. The Morgan fingerprint density at radius 2 is 1.91 bits per heavy atom. The van der Waals surface area contributed by atoms with Gasteiger partial charge in [0.25, 0.3) is 0 Å². The molecule has 1 aromatic carbocycles. The van der Waals surface area contributed by atoms with Crippen LogP contribution in [0, 0.1) is 13.8 Å². The lowest BCUT2D eigenvalue weighted by molar-refractivity contribution is -0.130. The molecule has 1 fully saturated rings. The number of carbonyl (C=O) groups excluding carboxylic acids is 1. The van der Waals surface area contributed by atoms with Crippen LogP contribution >= 0.6 is 0 Å². The highest BCUT2D eigenvalue weighted by Crippen LogP contribution is 2.35. The van der Waals surface area contributed by atoms with Crippen LogP contribution in [0.5, 0.6) is 0 Å². The normalized spacial score (nSPS) is 17.0. The molecular weight excluding hydrogens is 294 g/mol. The fourth-order valence-electron chi connectivity index (χ4n) is 2.98. The molecule has 0 saturated carbocycles. The minimum Gasteiger partial charge on any atom is -0.381 e. The fourth-order valence-corrected chi connectivity index (χ4v) is 2.98. The van der Waals surface area contributed by atoms with Gasteiger partial charge in [0.05, 0.1) is 12.0 Å². The van der Waals surface area contributed by atoms with Crippen molar-refractivity contribution in [1.29, 1.82) is 0 Å². The zero-order valence-electron chi connectivity index (χ0n) is 13.5. The van der Waals surface area contributed by atoms with Crippen LogP contribution in [0.3, 0.4) is 0 Å². The van der Waals surface area contributed by atoms with Crippen molar-refractivity contribution in [3.63, 3.8) is 0 Å². The Kier molecular flexibility index (Phi) is 4.43. The zero-order valence-corrected chi connectivity index (χ0v) is 13.5. The molecule has 1 N–H and O–H groups in total. The predicted molar refractivity (Wildman–Crippen MR) is 83.8 cm³/mol. The van der Waals surface area contributed by atoms with Crippen molar-refractivity contribution in [3.8, 4) is 0 Å². The van der Waals surface area contributed by atoms with E-state index in [1.165, 1.54) is 5.56 Å². The third-order valence-electron chi connectivity index (χ3n) is 4.35. The second-order valence-corrected chi connectivity index (χ2v) is 5.98. The van der Waals surface area contributed by atoms with E-state index in [1.807, 2.05) is 31.2 Å². The highest BCUT2D eigenvalue weighted by Gasteiger charge is 2.41. The highest BCUT2D eigenvalue weighted by molar-refractivity contribution is 5.88. The number of nitrogens with one attached hydrogen (secondary N) is 1. The van der Waals surface area contributed by atoms with Gasteiger partial charge in [-0.1, -0.05) is 35.0 Å². The Labute approximate surface area is 135 Å². The van der Waals surface area contributed by atoms with Crippen molar-refractivity contribution < 1.29 is 14.1 Å². The van der Waals surface area contributed by atoms with Crippen LogP contribution in [0.2, 0.25) is 0 Å². The summed E-state index contributed by atoms with van der Waals surface area (Å²) in [6.45, 7) is 5.20. The molecule has 1 aliphatic heterocycles. The molecule has 0 aliphatic carbocycles. The van der Waals surface area contributed by atoms with Crippen molar-refractivity contribution in [2.45, 2.75) is 38.6 Å². The van der Waals surface area contributed by atoms with Crippen molar-refractivity contribution >= 4 is 5.91 Å². The highest BCUT2D eigenvalue weighted by atomic mass is 16.5. The van der Waals surface area contributed by atoms with E-state index >= 15 is 0 Å². The first kappa shape index (κ1) is 15.7. The minimum atomic E-state index is -0.555. The first-order valence-corrected chi connectivity index (χ1v) is 7.82. The number of benzene rings is 1. The molecular formula is C17H21N3O3. The van der Waals surface area contributed by atoms with Gasteiger partial charge in [-0.3, -0.25) is 4.79 Å². The van der Waals surface area contributed by atoms with Crippen LogP contribution in [0.1, 0.15) is 35.7 Å². The number of aryl methyl sites for hydroxylation is 2. The van der Waals surface area contributed by atoms with Gasteiger partial charge in [0.15, 0.2) is 5.82 Å². The van der Waals surface area contributed by atoms with Crippen molar-refractivity contribution in [2.75, 3.05) is 13.2 Å². The molecule has 0 radical (unpaired) electrons. The Hall–Kier alpha value is -2.21. The second kappa shape index (κ2) is 6.50. The summed E-state index contributed by atoms with van der Waals surface area (Å²) < 4.78 is 10.5. The molecule has 1 saturated heterocycles. The van der Waals surface area contributed by atoms with Gasteiger partial charge in [-0.05, 0) is 32.3 Å². The van der Waals surface area contributed by atoms with E-state index in [0.717, 1.165) is 5.56 Å². The average molecular weight is 315 g/mol. The molecule has 0 spiro atoms. The van der Waals surface area contributed by atoms with Gasteiger partial charge in [0, 0.05) is 13.2 Å². The number of carbonyl (C=O) groups is 1. The molecule has 0 unspecified atom stereocenters. The predicted octanol–water partition coefficient (Wildman–Crippen LogP) is 2.05. The Bertz CT molecular complexity index is 673. The molecule has 6 heteroatoms. The number of hydrogen-bond acceptors (Lipinski definition) is 5. The fraction of sp³-hybridized carbons (Fsp3) is 0.471. The molecule has 2 aromatic rings. The summed E-state index contributed by atoms with van der Waals surface area (Å²) in [6.07, 6.45) is 1.34. The third kappa shape index (κ3) is 3.27. The van der Waals surface area contributed by atoms with Crippen molar-refractivity contribution in [2.24, 2.45) is 0 Å². The van der Waals surface area contributed by atoms with Gasteiger partial charge in [-0.15, -0.1) is 0 Å². The molecule has 1 amide bonds. The van der Waals surface area contributed by atoms with E-state index in [1.54, 1.807) is 6.92 Å². The number of amides is 1. The number of aromatic nitrogens is 2. The van der Waals surface area contributed by atoms with Crippen LogP contribution in [0.25, 0.3) is 0 Å². The standard InChI is InChI=1S/C17H21N3O3/c1-12-3-5-14(6-4-12)17(7-9-22-10-8-17)16(21)18-11-15-19-13(2)20-23-15/h3-6H,7-11H2,1-2H3,(H,18,21). The largest absolute Gasteiger partial charge is 0.381 e. The van der Waals surface area contributed by atoms with E-state index in [2.05, 4.69) is 15.5 Å². The summed E-state index contributed by atoms with van der Waals surface area (Å²) in [5.74, 6) is 0.969. The number of rotatable bonds is 4. The van der Waals surface area contributed by atoms with Gasteiger partial charge in [0.1, 0.15) is 0 Å². The van der Waals surface area contributed by atoms with Gasteiger partial charge in [0.2, 0.25) is 11.8 Å². The first-order valence-electron chi connectivity index (χ1n) is 7.82. The molecule has 1 aromatic heterocycles. The van der Waals surface area contributed by atoms with E-state index in [9.17, 15) is 4.79 Å². The van der Waals surface area contributed by atoms with Crippen LogP contribution in [-0.2, 0) is 21.5 Å². The smallest absolute Gasteiger partial charge is 0.246 e. The summed E-state index contributed by atoms with van der Waals surface area (Å²) in [5.41, 5.74) is 1.66. The lowest BCUT2D eigenvalue weighted by Gasteiger charge is -2.36. The van der Waals surface area contributed by atoms with Crippen LogP contribution in [-0.4, -0.2) is 29.3 Å². The maximum absolute atomic E-state index is 12.9. The quantitative estimate of drug-likeness (QED) is 0.934. The van der Waals surface area contributed by atoms with Gasteiger partial charge < -0.3 is 14.6 Å². The van der Waals surface area contributed by atoms with Gasteiger partial charge in [-0.2, -0.15) is 4.98 Å². The first-order chi connectivity index (χ1) is 11.1. The van der Waals surface area contributed by atoms with E-state index in [-0.39, 0.29) is 12.5 Å². The SMILES string of the molecule is Cc1ccc(C2(C(=O)NCc3nc(C)no3)CCOCC2)cc1. The average Bonchev–Trinajstić information content (AvgIpc) is 2.99. The summed E-state index contributed by atoms with van der Waals surface area (Å²) in [5, 5.41) is 6.68. The van der Waals surface area contributed by atoms with Gasteiger partial charge >= 0.3 is 0 Å². The van der Waals surface area contributed by atoms with Crippen LogP contribution in [0.4, 0.5) is 0 Å². The zero-order chi connectivity index (χ0) is 16.3. The van der Waals surface area contributed by atoms with Crippen molar-refractivity contribution in [1.82, 2.24) is 15.5 Å². The van der Waals surface area contributed by atoms with Gasteiger partial charge in [-0.25, -0.2) is 0 Å². The lowest BCUT2D eigenvalue weighted by atomic mass is 9.73. The molecule has 23 heavy (non-hydrogen) atoms. The Balaban J connectivity index is 1.80. The topological polar surface area (TPSA) is 77.3 Å². The molecule has 1 aliphatic rings. The van der Waals surface area contributed by atoms with E-state index in [4.69, 9.17) is 9.26 Å². The third-order valence-corrected chi connectivity index (χ3v) is 4.35. The van der Waals surface area contributed by atoms with E-state index < -0.39 is 5.41 Å². The monoisotopic (exact) mass is 315 g/mol. The maximum atomic E-state index is 12.9. The molecule has 0 atom stereocenters. The molecule has 122 valence electrons. The minimum absolute atomic E-state index is 0.0134. The number of nitrogens with zero attached hydrogens (tertiary/aromatic N) is 2. The van der Waals surface area contributed by atoms with Crippen molar-refractivity contribution in [3.05, 3.63) is 47.1 Å². The van der Waals surface area contributed by atoms with Crippen LogP contribution in [0.15, 0.2) is 28.8 Å². The molecule has 3 rings (SSSR count). The summed E-state index contributed by atoms with van der Waals surface area (Å²) in [4.78, 5) is 17.0. The number of ether oxygens (including phenoxy) is 1. The number of hydrogen-bond donors (Lipinski definition) is 1. The summed E-state index contributed by atoms with van der Waals surface area (Å²) >= 11 is 0. The van der Waals surface area contributed by atoms with E-state index in [0.29, 0.717) is 37.8 Å². The maximum Gasteiger partial charge on any atom is 0.246 e. The summed E-state index contributed by atoms with van der Waals surface area (Å²) in [6, 6.07) is 8.16. The molecule has 0 bridgehead atoms.